The van der Waals surface area contributed by atoms with Crippen molar-refractivity contribution in [3.05, 3.63) is 0 Å². The Labute approximate surface area is 83.4 Å². The molecule has 0 spiro atoms. The number of rotatable bonds is 6. The number of carbonyl (C=O) groups is 1. The summed E-state index contributed by atoms with van der Waals surface area (Å²) < 4.78 is 0. The third kappa shape index (κ3) is 17.4. The Hall–Kier alpha value is -0.690. The molecule has 0 heterocycles. The zero-order valence-corrected chi connectivity index (χ0v) is 8.35. The Bertz CT molecular complexity index is 113. The SMILES string of the molecule is CC(=O)[O-].OCCN(CCO)CCO. The van der Waals surface area contributed by atoms with Crippen molar-refractivity contribution in [2.75, 3.05) is 39.5 Å². The van der Waals surface area contributed by atoms with E-state index in [9.17, 15) is 0 Å². The highest BCUT2D eigenvalue weighted by atomic mass is 16.4. The summed E-state index contributed by atoms with van der Waals surface area (Å²) in [4.78, 5) is 10.7. The maximum Gasteiger partial charge on any atom is 0.0558 e. The van der Waals surface area contributed by atoms with Gasteiger partial charge in [0.15, 0.2) is 0 Å². The van der Waals surface area contributed by atoms with Gasteiger partial charge in [0.25, 0.3) is 0 Å². The fraction of sp³-hybridized carbons (Fsp3) is 0.875. The first-order chi connectivity index (χ1) is 6.58. The molecule has 0 bridgehead atoms. The second-order valence-electron chi connectivity index (χ2n) is 2.50. The Morgan fingerprint density at radius 3 is 1.43 bits per heavy atom. The second kappa shape index (κ2) is 12.3. The van der Waals surface area contributed by atoms with Crippen LogP contribution >= 0.6 is 0 Å². The highest BCUT2D eigenvalue weighted by Crippen LogP contribution is 1.84. The van der Waals surface area contributed by atoms with E-state index in [1.54, 1.807) is 4.90 Å². The van der Waals surface area contributed by atoms with Crippen LogP contribution < -0.4 is 5.11 Å². The van der Waals surface area contributed by atoms with Crippen molar-refractivity contribution in [1.29, 1.82) is 0 Å². The molecule has 14 heavy (non-hydrogen) atoms. The molecule has 86 valence electrons. The van der Waals surface area contributed by atoms with E-state index in [4.69, 9.17) is 25.2 Å². The second-order valence-corrected chi connectivity index (χ2v) is 2.50. The molecule has 0 aliphatic carbocycles. The molecule has 0 aromatic rings. The summed E-state index contributed by atoms with van der Waals surface area (Å²) in [7, 11) is 0. The number of nitrogens with zero attached hydrogens (tertiary/aromatic N) is 1. The number of hydrogen-bond acceptors (Lipinski definition) is 6. The lowest BCUT2D eigenvalue weighted by Crippen LogP contribution is -2.32. The zero-order valence-electron chi connectivity index (χ0n) is 8.35. The number of carbonyl (C=O) groups excluding carboxylic acids is 1. The Morgan fingerprint density at radius 2 is 1.29 bits per heavy atom. The summed E-state index contributed by atoms with van der Waals surface area (Å²) in [5.74, 6) is -1.08. The van der Waals surface area contributed by atoms with Gasteiger partial charge in [-0.15, -0.1) is 0 Å². The number of aliphatic hydroxyl groups is 3. The zero-order chi connectivity index (χ0) is 11.4. The minimum absolute atomic E-state index is 0.0694. The molecule has 6 heteroatoms. The summed E-state index contributed by atoms with van der Waals surface area (Å²) in [6.45, 7) is 2.73. The van der Waals surface area contributed by atoms with Gasteiger partial charge in [-0.1, -0.05) is 0 Å². The number of hydrogen-bond donors (Lipinski definition) is 3. The third-order valence-electron chi connectivity index (χ3n) is 1.25. The topological polar surface area (TPSA) is 104 Å². The van der Waals surface area contributed by atoms with Crippen molar-refractivity contribution < 1.29 is 25.2 Å². The van der Waals surface area contributed by atoms with Crippen LogP contribution in [0.5, 0.6) is 0 Å². The molecule has 0 radical (unpaired) electrons. The van der Waals surface area contributed by atoms with Crippen LogP contribution in [0.1, 0.15) is 6.92 Å². The molecule has 0 fully saturated rings. The molecule has 0 unspecified atom stereocenters. The molecule has 0 saturated carbocycles. The number of carboxylic acid groups (broad SMARTS) is 1. The van der Waals surface area contributed by atoms with E-state index in [1.165, 1.54) is 0 Å². The van der Waals surface area contributed by atoms with Crippen LogP contribution in [0.2, 0.25) is 0 Å². The predicted molar refractivity (Wildman–Crippen MR) is 48.4 cm³/mol. The molecule has 0 amide bonds. The first-order valence-corrected chi connectivity index (χ1v) is 4.31. The van der Waals surface area contributed by atoms with Crippen LogP contribution in [0.15, 0.2) is 0 Å². The molecular weight excluding hydrogens is 190 g/mol. The predicted octanol–water partition coefficient (Wildman–Crippen LogP) is -2.98. The average Bonchev–Trinajstić information content (AvgIpc) is 2.04. The van der Waals surface area contributed by atoms with Crippen LogP contribution in [0.4, 0.5) is 0 Å². The minimum atomic E-state index is -1.08. The van der Waals surface area contributed by atoms with E-state index >= 15 is 0 Å². The van der Waals surface area contributed by atoms with Crippen LogP contribution in [-0.4, -0.2) is 65.6 Å². The van der Waals surface area contributed by atoms with Gasteiger partial charge in [0.05, 0.1) is 19.8 Å². The molecule has 0 aliphatic rings. The molecule has 0 aliphatic heterocycles. The van der Waals surface area contributed by atoms with Gasteiger partial charge in [0.2, 0.25) is 0 Å². The van der Waals surface area contributed by atoms with Gasteiger partial charge in [0.1, 0.15) is 0 Å². The molecule has 0 aromatic heterocycles. The molecular formula is C8H18NO5-. The van der Waals surface area contributed by atoms with Crippen LogP contribution in [-0.2, 0) is 4.79 Å². The highest BCUT2D eigenvalue weighted by molar-refractivity contribution is 5.60. The number of aliphatic hydroxyl groups excluding tert-OH is 3. The molecule has 6 nitrogen and oxygen atoms in total. The van der Waals surface area contributed by atoms with Crippen molar-refractivity contribution in [2.24, 2.45) is 0 Å². The van der Waals surface area contributed by atoms with Crippen molar-refractivity contribution in [3.8, 4) is 0 Å². The van der Waals surface area contributed by atoms with E-state index in [2.05, 4.69) is 0 Å². The molecule has 0 saturated heterocycles. The lowest BCUT2D eigenvalue weighted by Gasteiger charge is -2.17. The maximum atomic E-state index is 8.89. The first-order valence-electron chi connectivity index (χ1n) is 4.31. The van der Waals surface area contributed by atoms with E-state index in [0.29, 0.717) is 19.6 Å². The minimum Gasteiger partial charge on any atom is -0.550 e. The summed E-state index contributed by atoms with van der Waals surface area (Å²) in [5.41, 5.74) is 0. The fourth-order valence-corrected chi connectivity index (χ4v) is 0.760. The average molecular weight is 208 g/mol. The van der Waals surface area contributed by atoms with Gasteiger partial charge in [-0.2, -0.15) is 0 Å². The quantitative estimate of drug-likeness (QED) is 0.430. The van der Waals surface area contributed by atoms with Gasteiger partial charge in [-0.05, 0) is 6.92 Å². The van der Waals surface area contributed by atoms with E-state index in [-0.39, 0.29) is 19.8 Å². The largest absolute Gasteiger partial charge is 0.550 e. The fourth-order valence-electron chi connectivity index (χ4n) is 0.760. The molecule has 3 N–H and O–H groups in total. The number of carboxylic acids is 1. The molecule has 0 aromatic carbocycles. The lowest BCUT2D eigenvalue weighted by atomic mass is 10.4. The molecule has 0 rings (SSSR count). The highest BCUT2D eigenvalue weighted by Gasteiger charge is 2.00. The normalized spacial score (nSPS) is 9.50. The van der Waals surface area contributed by atoms with Crippen molar-refractivity contribution in [2.45, 2.75) is 6.92 Å². The summed E-state index contributed by atoms with van der Waals surface area (Å²) >= 11 is 0. The summed E-state index contributed by atoms with van der Waals surface area (Å²) in [6.07, 6.45) is 0. The van der Waals surface area contributed by atoms with Gasteiger partial charge in [-0.25, -0.2) is 0 Å². The number of aliphatic carboxylic acids is 1. The monoisotopic (exact) mass is 208 g/mol. The van der Waals surface area contributed by atoms with E-state index in [0.717, 1.165) is 6.92 Å². The standard InChI is InChI=1S/C6H15NO3.C2H4O2/c8-4-1-7(2-5-9)3-6-10;1-2(3)4/h8-10H,1-6H2;1H3,(H,3,4)/p-1. The summed E-state index contributed by atoms with van der Waals surface area (Å²) in [6, 6.07) is 0. The summed E-state index contributed by atoms with van der Waals surface area (Å²) in [5, 5.41) is 34.3. The van der Waals surface area contributed by atoms with Crippen LogP contribution in [0.3, 0.4) is 0 Å². The van der Waals surface area contributed by atoms with Crippen molar-refractivity contribution >= 4 is 5.97 Å². The van der Waals surface area contributed by atoms with Gasteiger partial charge < -0.3 is 25.2 Å². The Kier molecular flexibility index (Phi) is 13.9. The van der Waals surface area contributed by atoms with Gasteiger partial charge in [-0.3, -0.25) is 4.90 Å². The van der Waals surface area contributed by atoms with Crippen molar-refractivity contribution in [1.82, 2.24) is 4.90 Å². The lowest BCUT2D eigenvalue weighted by molar-refractivity contribution is -0.302. The first kappa shape index (κ1) is 15.8. The van der Waals surface area contributed by atoms with Gasteiger partial charge in [0, 0.05) is 25.6 Å². The van der Waals surface area contributed by atoms with Crippen molar-refractivity contribution in [3.63, 3.8) is 0 Å². The van der Waals surface area contributed by atoms with Gasteiger partial charge >= 0.3 is 0 Å². The van der Waals surface area contributed by atoms with E-state index in [1.807, 2.05) is 0 Å². The van der Waals surface area contributed by atoms with E-state index < -0.39 is 5.97 Å². The molecule has 0 atom stereocenters. The Balaban J connectivity index is 0. The Morgan fingerprint density at radius 1 is 1.07 bits per heavy atom. The third-order valence-corrected chi connectivity index (χ3v) is 1.25. The van der Waals surface area contributed by atoms with Crippen LogP contribution in [0.25, 0.3) is 0 Å². The maximum absolute atomic E-state index is 8.89. The van der Waals surface area contributed by atoms with Crippen LogP contribution in [0, 0.1) is 0 Å². The smallest absolute Gasteiger partial charge is 0.0558 e.